The van der Waals surface area contributed by atoms with Gasteiger partial charge in [0.1, 0.15) is 4.88 Å². The van der Waals surface area contributed by atoms with E-state index in [1.807, 2.05) is 35.2 Å². The van der Waals surface area contributed by atoms with Crippen molar-refractivity contribution in [1.29, 1.82) is 0 Å². The van der Waals surface area contributed by atoms with E-state index in [-0.39, 0.29) is 18.0 Å². The normalized spacial score (nSPS) is 28.8. The van der Waals surface area contributed by atoms with Gasteiger partial charge in [-0.1, -0.05) is 30.3 Å². The van der Waals surface area contributed by atoms with Crippen LogP contribution in [0.4, 0.5) is 0 Å². The Morgan fingerprint density at radius 1 is 1.29 bits per heavy atom. The van der Waals surface area contributed by atoms with Crippen molar-refractivity contribution in [3.05, 3.63) is 46.8 Å². The maximum Gasteiger partial charge on any atom is 0.266 e. The van der Waals surface area contributed by atoms with Crippen LogP contribution in [0.3, 0.4) is 0 Å². The Hall–Kier alpha value is -1.92. The van der Waals surface area contributed by atoms with Gasteiger partial charge in [-0.3, -0.25) is 4.79 Å². The summed E-state index contributed by atoms with van der Waals surface area (Å²) in [6.45, 7) is 0. The third kappa shape index (κ3) is 2.50. The second-order valence-electron chi connectivity index (χ2n) is 6.64. The fourth-order valence-electron chi connectivity index (χ4n) is 4.12. The molecule has 3 heterocycles. The Bertz CT molecular complexity index is 732. The number of carbonyl (C=O) groups is 1. The minimum absolute atomic E-state index is 0.0124. The molecule has 2 fully saturated rings. The third-order valence-electron chi connectivity index (χ3n) is 5.22. The van der Waals surface area contributed by atoms with Crippen molar-refractivity contribution in [2.24, 2.45) is 0 Å². The van der Waals surface area contributed by atoms with Crippen LogP contribution in [0.1, 0.15) is 40.9 Å². The van der Waals surface area contributed by atoms with Crippen molar-refractivity contribution >= 4 is 17.4 Å². The van der Waals surface area contributed by atoms with Crippen LogP contribution < -0.4 is 4.74 Å². The molecule has 0 unspecified atom stereocenters. The average Bonchev–Trinajstić information content (AvgIpc) is 3.19. The Morgan fingerprint density at radius 3 is 2.54 bits per heavy atom. The number of piperidine rings is 1. The van der Waals surface area contributed by atoms with E-state index in [2.05, 4.69) is 4.37 Å². The van der Waals surface area contributed by atoms with Gasteiger partial charge in [0, 0.05) is 31.0 Å². The minimum Gasteiger partial charge on any atom is -0.480 e. The third-order valence-corrected chi connectivity index (χ3v) is 5.98. The molecule has 24 heavy (non-hydrogen) atoms. The highest BCUT2D eigenvalue weighted by molar-refractivity contribution is 7.08. The molecule has 1 amide bonds. The van der Waals surface area contributed by atoms with Crippen LogP contribution in [0.15, 0.2) is 36.4 Å². The first-order valence-corrected chi connectivity index (χ1v) is 8.99. The van der Waals surface area contributed by atoms with E-state index in [4.69, 9.17) is 4.74 Å². The number of ether oxygens (including phenoxy) is 1. The molecule has 0 aliphatic carbocycles. The van der Waals surface area contributed by atoms with Crippen LogP contribution in [0.5, 0.6) is 5.88 Å². The van der Waals surface area contributed by atoms with Gasteiger partial charge in [-0.15, -0.1) is 0 Å². The first-order valence-electron chi connectivity index (χ1n) is 8.22. The summed E-state index contributed by atoms with van der Waals surface area (Å²) >= 11 is 1.18. The quantitative estimate of drug-likeness (QED) is 0.930. The van der Waals surface area contributed by atoms with Gasteiger partial charge >= 0.3 is 0 Å². The van der Waals surface area contributed by atoms with Crippen LogP contribution in [-0.2, 0) is 5.60 Å². The molecule has 2 saturated heterocycles. The lowest BCUT2D eigenvalue weighted by atomic mass is 9.80. The molecule has 1 aromatic heterocycles. The zero-order valence-corrected chi connectivity index (χ0v) is 14.3. The first kappa shape index (κ1) is 15.6. The van der Waals surface area contributed by atoms with Crippen molar-refractivity contribution in [3.8, 4) is 5.88 Å². The van der Waals surface area contributed by atoms with Crippen LogP contribution >= 0.6 is 11.5 Å². The number of amides is 1. The maximum atomic E-state index is 12.9. The standard InChI is InChI=1S/C18H20N2O3S/c1-23-16-9-15(24-19-16)17(21)20-13-7-8-14(20)11-18(22,10-13)12-5-3-2-4-6-12/h2-6,9,13-14,22H,7-8,10-11H2,1H3/t13-,14-/m0/s1. The molecule has 5 nitrogen and oxygen atoms in total. The number of nitrogens with zero attached hydrogens (tertiary/aromatic N) is 2. The van der Waals surface area contributed by atoms with E-state index in [1.165, 1.54) is 11.5 Å². The van der Waals surface area contributed by atoms with Gasteiger partial charge in [0.2, 0.25) is 5.88 Å². The van der Waals surface area contributed by atoms with Crippen LogP contribution in [0.25, 0.3) is 0 Å². The molecule has 126 valence electrons. The highest BCUT2D eigenvalue weighted by atomic mass is 32.1. The summed E-state index contributed by atoms with van der Waals surface area (Å²) in [6.07, 6.45) is 3.08. The van der Waals surface area contributed by atoms with Crippen molar-refractivity contribution in [2.45, 2.75) is 43.4 Å². The molecule has 2 aliphatic heterocycles. The Balaban J connectivity index is 1.58. The van der Waals surface area contributed by atoms with Crippen molar-refractivity contribution in [2.75, 3.05) is 7.11 Å². The topological polar surface area (TPSA) is 62.7 Å². The molecule has 6 heteroatoms. The van der Waals surface area contributed by atoms with Crippen molar-refractivity contribution in [3.63, 3.8) is 0 Å². The molecule has 0 saturated carbocycles. The summed E-state index contributed by atoms with van der Waals surface area (Å²) in [5, 5.41) is 11.2. The lowest BCUT2D eigenvalue weighted by molar-refractivity contribution is -0.0478. The SMILES string of the molecule is COc1cc(C(=O)N2[C@H]3CC[C@H]2CC(O)(c2ccccc2)C3)sn1. The molecular weight excluding hydrogens is 324 g/mol. The second-order valence-corrected chi connectivity index (χ2v) is 7.44. The Labute approximate surface area is 145 Å². The van der Waals surface area contributed by atoms with E-state index in [1.54, 1.807) is 13.2 Å². The number of aliphatic hydroxyl groups is 1. The average molecular weight is 344 g/mol. The highest BCUT2D eigenvalue weighted by Gasteiger charge is 2.50. The number of methoxy groups -OCH3 is 1. The first-order chi connectivity index (χ1) is 11.6. The van der Waals surface area contributed by atoms with E-state index < -0.39 is 5.60 Å². The smallest absolute Gasteiger partial charge is 0.266 e. The second kappa shape index (κ2) is 5.86. The molecule has 1 N–H and O–H groups in total. The maximum absolute atomic E-state index is 12.9. The summed E-state index contributed by atoms with van der Waals surface area (Å²) in [5.74, 6) is 0.493. The lowest BCUT2D eigenvalue weighted by Gasteiger charge is -2.44. The van der Waals surface area contributed by atoms with E-state index >= 15 is 0 Å². The summed E-state index contributed by atoms with van der Waals surface area (Å²) in [4.78, 5) is 15.5. The molecule has 2 aromatic rings. The predicted octanol–water partition coefficient (Wildman–Crippen LogP) is 2.81. The van der Waals surface area contributed by atoms with Crippen LogP contribution in [-0.4, -0.2) is 39.5 Å². The van der Waals surface area contributed by atoms with Crippen molar-refractivity contribution in [1.82, 2.24) is 9.27 Å². The lowest BCUT2D eigenvalue weighted by Crippen LogP contribution is -2.51. The molecule has 4 rings (SSSR count). The van der Waals surface area contributed by atoms with Gasteiger partial charge in [0.25, 0.3) is 5.91 Å². The Morgan fingerprint density at radius 2 is 1.96 bits per heavy atom. The fraction of sp³-hybridized carbons (Fsp3) is 0.444. The number of benzene rings is 1. The summed E-state index contributed by atoms with van der Waals surface area (Å²) in [5.41, 5.74) is 0.114. The molecular formula is C18H20N2O3S. The molecule has 2 bridgehead atoms. The van der Waals surface area contributed by atoms with Crippen molar-refractivity contribution < 1.29 is 14.6 Å². The zero-order valence-electron chi connectivity index (χ0n) is 13.5. The molecule has 2 atom stereocenters. The van der Waals surface area contributed by atoms with Gasteiger partial charge in [-0.2, -0.15) is 4.37 Å². The number of fused-ring (bicyclic) bond motifs is 2. The van der Waals surface area contributed by atoms with E-state index in [0.29, 0.717) is 23.6 Å². The number of carbonyl (C=O) groups excluding carboxylic acids is 1. The number of aromatic nitrogens is 1. The molecule has 1 aromatic carbocycles. The van der Waals surface area contributed by atoms with E-state index in [9.17, 15) is 9.90 Å². The van der Waals surface area contributed by atoms with Crippen LogP contribution in [0.2, 0.25) is 0 Å². The number of hydrogen-bond acceptors (Lipinski definition) is 5. The molecule has 0 radical (unpaired) electrons. The monoisotopic (exact) mass is 344 g/mol. The number of rotatable bonds is 3. The minimum atomic E-state index is -0.838. The van der Waals surface area contributed by atoms with Gasteiger partial charge in [0.15, 0.2) is 0 Å². The summed E-state index contributed by atoms with van der Waals surface area (Å²) in [6, 6.07) is 11.7. The Kier molecular flexibility index (Phi) is 3.81. The number of hydrogen-bond donors (Lipinski definition) is 1. The summed E-state index contributed by atoms with van der Waals surface area (Å²) < 4.78 is 9.20. The summed E-state index contributed by atoms with van der Waals surface area (Å²) in [7, 11) is 1.55. The zero-order chi connectivity index (χ0) is 16.7. The predicted molar refractivity (Wildman–Crippen MR) is 91.2 cm³/mol. The van der Waals surface area contributed by atoms with Gasteiger partial charge < -0.3 is 14.7 Å². The molecule has 2 aliphatic rings. The molecule has 0 spiro atoms. The van der Waals surface area contributed by atoms with Gasteiger partial charge in [0.05, 0.1) is 12.7 Å². The van der Waals surface area contributed by atoms with Crippen LogP contribution in [0, 0.1) is 0 Å². The largest absolute Gasteiger partial charge is 0.480 e. The highest BCUT2D eigenvalue weighted by Crippen LogP contribution is 2.46. The van der Waals surface area contributed by atoms with Gasteiger partial charge in [-0.25, -0.2) is 0 Å². The van der Waals surface area contributed by atoms with E-state index in [0.717, 1.165) is 18.4 Å². The van der Waals surface area contributed by atoms with Gasteiger partial charge in [-0.05, 0) is 29.9 Å². The fourth-order valence-corrected chi connectivity index (χ4v) is 4.78.